The molecule has 0 aliphatic carbocycles. The van der Waals surface area contributed by atoms with Crippen LogP contribution in [-0.2, 0) is 6.42 Å². The molecular weight excluding hydrogens is 208 g/mol. The molecule has 0 atom stereocenters. The van der Waals surface area contributed by atoms with E-state index in [0.29, 0.717) is 0 Å². The van der Waals surface area contributed by atoms with E-state index >= 15 is 0 Å². The predicted octanol–water partition coefficient (Wildman–Crippen LogP) is 3.59. The minimum absolute atomic E-state index is 0.252. The summed E-state index contributed by atoms with van der Waals surface area (Å²) in [6.45, 7) is 2.40. The maximum Gasteiger partial charge on any atom is 0.0434 e. The summed E-state index contributed by atoms with van der Waals surface area (Å²) in [5.41, 5.74) is 5.21. The third-order valence-corrected chi connectivity index (χ3v) is 3.03. The lowest BCUT2D eigenvalue weighted by Gasteiger charge is -2.12. The Kier molecular flexibility index (Phi) is 3.94. The van der Waals surface area contributed by atoms with Crippen LogP contribution >= 0.6 is 0 Å². The first-order valence-corrected chi connectivity index (χ1v) is 6.07. The maximum atomic E-state index is 8.96. The molecule has 1 N–H and O–H groups in total. The van der Waals surface area contributed by atoms with Crippen LogP contribution in [0.15, 0.2) is 48.5 Å². The maximum absolute atomic E-state index is 8.96. The van der Waals surface area contributed by atoms with Gasteiger partial charge in [0.1, 0.15) is 0 Å². The molecule has 0 amide bonds. The Morgan fingerprint density at radius 2 is 1.71 bits per heavy atom. The van der Waals surface area contributed by atoms with Gasteiger partial charge in [-0.05, 0) is 42.0 Å². The molecule has 2 rings (SSSR count). The Morgan fingerprint density at radius 3 is 2.41 bits per heavy atom. The van der Waals surface area contributed by atoms with Crippen LogP contribution in [0.4, 0.5) is 0 Å². The fourth-order valence-corrected chi connectivity index (χ4v) is 2.22. The molecule has 88 valence electrons. The van der Waals surface area contributed by atoms with E-state index in [2.05, 4.69) is 49.4 Å². The van der Waals surface area contributed by atoms with Gasteiger partial charge in [-0.15, -0.1) is 0 Å². The summed E-state index contributed by atoms with van der Waals surface area (Å²) in [4.78, 5) is 0. The molecule has 0 bridgehead atoms. The molecule has 2 aromatic rings. The molecule has 17 heavy (non-hydrogen) atoms. The van der Waals surface area contributed by atoms with Gasteiger partial charge < -0.3 is 5.11 Å². The average molecular weight is 226 g/mol. The lowest BCUT2D eigenvalue weighted by atomic mass is 9.93. The van der Waals surface area contributed by atoms with E-state index in [1.165, 1.54) is 22.3 Å². The van der Waals surface area contributed by atoms with Gasteiger partial charge in [-0.2, -0.15) is 0 Å². The van der Waals surface area contributed by atoms with Crippen molar-refractivity contribution >= 4 is 0 Å². The van der Waals surface area contributed by atoms with Gasteiger partial charge in [0, 0.05) is 6.61 Å². The molecule has 0 aliphatic heterocycles. The SMILES string of the molecule is Cc1cccc(CCCO)c1-c1ccccc1. The molecule has 0 spiro atoms. The van der Waals surface area contributed by atoms with Crippen molar-refractivity contribution in [1.29, 1.82) is 0 Å². The highest BCUT2D eigenvalue weighted by Crippen LogP contribution is 2.28. The molecule has 1 nitrogen and oxygen atoms in total. The molecule has 1 heteroatoms. The molecule has 0 heterocycles. The number of aryl methyl sites for hydroxylation is 2. The van der Waals surface area contributed by atoms with Crippen molar-refractivity contribution in [3.05, 3.63) is 59.7 Å². The fourth-order valence-electron chi connectivity index (χ4n) is 2.22. The summed E-state index contributed by atoms with van der Waals surface area (Å²) in [5.74, 6) is 0. The van der Waals surface area contributed by atoms with Crippen LogP contribution in [-0.4, -0.2) is 11.7 Å². The third-order valence-electron chi connectivity index (χ3n) is 3.03. The first-order valence-electron chi connectivity index (χ1n) is 6.07. The largest absolute Gasteiger partial charge is 0.396 e. The Bertz CT molecular complexity index is 474. The zero-order valence-corrected chi connectivity index (χ0v) is 10.2. The van der Waals surface area contributed by atoms with E-state index in [0.717, 1.165) is 12.8 Å². The smallest absolute Gasteiger partial charge is 0.0434 e. The molecule has 0 saturated heterocycles. The highest BCUT2D eigenvalue weighted by Gasteiger charge is 2.07. The van der Waals surface area contributed by atoms with Crippen molar-refractivity contribution in [2.24, 2.45) is 0 Å². The topological polar surface area (TPSA) is 20.2 Å². The van der Waals surface area contributed by atoms with E-state index < -0.39 is 0 Å². The molecule has 0 aliphatic rings. The third kappa shape index (κ3) is 2.75. The number of aliphatic hydroxyl groups excluding tert-OH is 1. The van der Waals surface area contributed by atoms with Gasteiger partial charge in [-0.3, -0.25) is 0 Å². The van der Waals surface area contributed by atoms with Crippen molar-refractivity contribution < 1.29 is 5.11 Å². The van der Waals surface area contributed by atoms with Gasteiger partial charge in [-0.1, -0.05) is 48.5 Å². The molecule has 0 radical (unpaired) electrons. The number of aliphatic hydroxyl groups is 1. The Balaban J connectivity index is 2.44. The number of rotatable bonds is 4. The highest BCUT2D eigenvalue weighted by atomic mass is 16.2. The second-order valence-corrected chi connectivity index (χ2v) is 4.30. The molecule has 2 aromatic carbocycles. The lowest BCUT2D eigenvalue weighted by molar-refractivity contribution is 0.288. The summed E-state index contributed by atoms with van der Waals surface area (Å²) in [5, 5.41) is 8.96. The molecule has 0 fully saturated rings. The molecular formula is C16H18O. The predicted molar refractivity (Wildman–Crippen MR) is 72.0 cm³/mol. The first kappa shape index (κ1) is 11.9. The van der Waals surface area contributed by atoms with Gasteiger partial charge in [-0.25, -0.2) is 0 Å². The van der Waals surface area contributed by atoms with Gasteiger partial charge in [0.2, 0.25) is 0 Å². The Labute approximate surface area is 103 Å². The first-order chi connectivity index (χ1) is 8.33. The summed E-state index contributed by atoms with van der Waals surface area (Å²) >= 11 is 0. The summed E-state index contributed by atoms with van der Waals surface area (Å²) in [6.07, 6.45) is 1.76. The number of benzene rings is 2. The van der Waals surface area contributed by atoms with Crippen molar-refractivity contribution in [3.8, 4) is 11.1 Å². The minimum Gasteiger partial charge on any atom is -0.396 e. The zero-order chi connectivity index (χ0) is 12.1. The average Bonchev–Trinajstić information content (AvgIpc) is 2.37. The fraction of sp³-hybridized carbons (Fsp3) is 0.250. The van der Waals surface area contributed by atoms with E-state index in [4.69, 9.17) is 5.11 Å². The van der Waals surface area contributed by atoms with Crippen molar-refractivity contribution in [2.75, 3.05) is 6.61 Å². The van der Waals surface area contributed by atoms with E-state index in [1.54, 1.807) is 0 Å². The molecule has 0 saturated carbocycles. The summed E-state index contributed by atoms with van der Waals surface area (Å²) in [7, 11) is 0. The van der Waals surface area contributed by atoms with Gasteiger partial charge in [0.05, 0.1) is 0 Å². The normalized spacial score (nSPS) is 10.5. The minimum atomic E-state index is 0.252. The van der Waals surface area contributed by atoms with E-state index in [-0.39, 0.29) is 6.61 Å². The van der Waals surface area contributed by atoms with Crippen LogP contribution < -0.4 is 0 Å². The van der Waals surface area contributed by atoms with Crippen LogP contribution in [0.1, 0.15) is 17.5 Å². The molecule has 0 aromatic heterocycles. The van der Waals surface area contributed by atoms with E-state index in [9.17, 15) is 0 Å². The van der Waals surface area contributed by atoms with Crippen molar-refractivity contribution in [1.82, 2.24) is 0 Å². The van der Waals surface area contributed by atoms with Crippen LogP contribution in [0.3, 0.4) is 0 Å². The van der Waals surface area contributed by atoms with Crippen LogP contribution in [0.25, 0.3) is 11.1 Å². The zero-order valence-electron chi connectivity index (χ0n) is 10.2. The lowest BCUT2D eigenvalue weighted by Crippen LogP contribution is -1.95. The number of hydrogen-bond donors (Lipinski definition) is 1. The Morgan fingerprint density at radius 1 is 0.941 bits per heavy atom. The van der Waals surface area contributed by atoms with Crippen molar-refractivity contribution in [2.45, 2.75) is 19.8 Å². The summed E-state index contributed by atoms with van der Waals surface area (Å²) < 4.78 is 0. The second kappa shape index (κ2) is 5.65. The summed E-state index contributed by atoms with van der Waals surface area (Å²) in [6, 6.07) is 16.9. The van der Waals surface area contributed by atoms with Gasteiger partial charge in [0.25, 0.3) is 0 Å². The van der Waals surface area contributed by atoms with Gasteiger partial charge in [0.15, 0.2) is 0 Å². The van der Waals surface area contributed by atoms with Crippen LogP contribution in [0, 0.1) is 6.92 Å². The van der Waals surface area contributed by atoms with Crippen molar-refractivity contribution in [3.63, 3.8) is 0 Å². The van der Waals surface area contributed by atoms with Crippen LogP contribution in [0.5, 0.6) is 0 Å². The molecule has 0 unspecified atom stereocenters. The quantitative estimate of drug-likeness (QED) is 0.844. The van der Waals surface area contributed by atoms with E-state index in [1.807, 2.05) is 6.07 Å². The highest BCUT2D eigenvalue weighted by molar-refractivity contribution is 5.70. The monoisotopic (exact) mass is 226 g/mol. The Hall–Kier alpha value is -1.60. The van der Waals surface area contributed by atoms with Crippen LogP contribution in [0.2, 0.25) is 0 Å². The second-order valence-electron chi connectivity index (χ2n) is 4.30. The standard InChI is InChI=1S/C16H18O/c1-13-7-5-10-15(11-6-12-17)16(13)14-8-3-2-4-9-14/h2-5,7-10,17H,6,11-12H2,1H3. The number of hydrogen-bond acceptors (Lipinski definition) is 1. The van der Waals surface area contributed by atoms with Gasteiger partial charge >= 0.3 is 0 Å².